The molecule has 0 spiro atoms. The Morgan fingerprint density at radius 3 is 2.43 bits per heavy atom. The molecule has 0 aliphatic rings. The van der Waals surface area contributed by atoms with E-state index in [-0.39, 0.29) is 23.7 Å². The Morgan fingerprint density at radius 2 is 1.79 bits per heavy atom. The molecule has 1 unspecified atom stereocenters. The molecule has 0 aliphatic carbocycles. The Bertz CT molecular complexity index is 894. The second-order valence-electron chi connectivity index (χ2n) is 6.59. The minimum Gasteiger partial charge on any atom is -0.497 e. The van der Waals surface area contributed by atoms with Crippen molar-refractivity contribution in [2.45, 2.75) is 31.1 Å². The number of hydrogen-bond acceptors (Lipinski definition) is 5. The second kappa shape index (κ2) is 9.41. The molecule has 0 aliphatic heterocycles. The standard InChI is InChI=1S/C21H24N4O2S/c1-15(2)25-14-22-24-21(25)28-13-19(26)23-20(16-7-5-4-6-8-16)17-9-11-18(27-3)12-10-17/h4-12,14-15,20H,13H2,1-3H3,(H,23,26). The summed E-state index contributed by atoms with van der Waals surface area (Å²) < 4.78 is 7.19. The van der Waals surface area contributed by atoms with Crippen molar-refractivity contribution < 1.29 is 9.53 Å². The molecule has 1 N–H and O–H groups in total. The molecule has 1 atom stereocenters. The third-order valence-corrected chi connectivity index (χ3v) is 5.27. The van der Waals surface area contributed by atoms with Crippen LogP contribution in [-0.2, 0) is 4.79 Å². The van der Waals surface area contributed by atoms with Crippen molar-refractivity contribution in [1.29, 1.82) is 0 Å². The average molecular weight is 397 g/mol. The summed E-state index contributed by atoms with van der Waals surface area (Å²) in [6, 6.07) is 17.7. The number of carbonyl (C=O) groups excluding carboxylic acids is 1. The van der Waals surface area contributed by atoms with Gasteiger partial charge in [-0.2, -0.15) is 0 Å². The fourth-order valence-electron chi connectivity index (χ4n) is 2.82. The molecule has 0 fully saturated rings. The zero-order valence-corrected chi connectivity index (χ0v) is 17.0. The number of aromatic nitrogens is 3. The van der Waals surface area contributed by atoms with Crippen LogP contribution in [0.4, 0.5) is 0 Å². The van der Waals surface area contributed by atoms with Gasteiger partial charge in [-0.3, -0.25) is 4.79 Å². The molecule has 6 nitrogen and oxygen atoms in total. The molecule has 146 valence electrons. The van der Waals surface area contributed by atoms with Gasteiger partial charge in [-0.25, -0.2) is 0 Å². The van der Waals surface area contributed by atoms with Crippen LogP contribution in [0.25, 0.3) is 0 Å². The first kappa shape index (κ1) is 19.9. The second-order valence-corrected chi connectivity index (χ2v) is 7.53. The van der Waals surface area contributed by atoms with Gasteiger partial charge in [0, 0.05) is 6.04 Å². The third-order valence-electron chi connectivity index (χ3n) is 4.32. The third kappa shape index (κ3) is 4.92. The van der Waals surface area contributed by atoms with Gasteiger partial charge in [-0.15, -0.1) is 10.2 Å². The summed E-state index contributed by atoms with van der Waals surface area (Å²) >= 11 is 1.39. The molecule has 1 aromatic heterocycles. The minimum absolute atomic E-state index is 0.0621. The topological polar surface area (TPSA) is 69.0 Å². The molecular formula is C21H24N4O2S. The first-order chi connectivity index (χ1) is 13.6. The van der Waals surface area contributed by atoms with Crippen LogP contribution < -0.4 is 10.1 Å². The zero-order valence-electron chi connectivity index (χ0n) is 16.2. The predicted octanol–water partition coefficient (Wildman–Crippen LogP) is 3.87. The lowest BCUT2D eigenvalue weighted by Crippen LogP contribution is -2.30. The number of rotatable bonds is 8. The first-order valence-corrected chi connectivity index (χ1v) is 10.1. The van der Waals surface area contributed by atoms with E-state index >= 15 is 0 Å². The lowest BCUT2D eigenvalue weighted by molar-refractivity contribution is -0.119. The minimum atomic E-state index is -0.233. The van der Waals surface area contributed by atoms with Gasteiger partial charge in [0.05, 0.1) is 18.9 Å². The van der Waals surface area contributed by atoms with Crippen molar-refractivity contribution in [3.63, 3.8) is 0 Å². The first-order valence-electron chi connectivity index (χ1n) is 9.09. The number of nitrogens with zero attached hydrogens (tertiary/aromatic N) is 3. The van der Waals surface area contributed by atoms with E-state index in [0.717, 1.165) is 22.0 Å². The fraction of sp³-hybridized carbons (Fsp3) is 0.286. The molecule has 28 heavy (non-hydrogen) atoms. The lowest BCUT2D eigenvalue weighted by Gasteiger charge is -2.20. The van der Waals surface area contributed by atoms with Crippen molar-refractivity contribution in [2.75, 3.05) is 12.9 Å². The van der Waals surface area contributed by atoms with E-state index in [0.29, 0.717) is 0 Å². The van der Waals surface area contributed by atoms with E-state index in [4.69, 9.17) is 4.74 Å². The fourth-order valence-corrected chi connectivity index (χ4v) is 3.68. The summed E-state index contributed by atoms with van der Waals surface area (Å²) in [7, 11) is 1.64. The van der Waals surface area contributed by atoms with Gasteiger partial charge < -0.3 is 14.6 Å². The highest BCUT2D eigenvalue weighted by atomic mass is 32.2. The van der Waals surface area contributed by atoms with E-state index in [9.17, 15) is 4.79 Å². The van der Waals surface area contributed by atoms with E-state index in [1.165, 1.54) is 11.8 Å². The molecule has 0 bridgehead atoms. The SMILES string of the molecule is COc1ccc(C(NC(=O)CSc2nncn2C(C)C)c2ccccc2)cc1. The van der Waals surface area contributed by atoms with Crippen LogP contribution in [0.3, 0.4) is 0 Å². The highest BCUT2D eigenvalue weighted by molar-refractivity contribution is 7.99. The van der Waals surface area contributed by atoms with Crippen molar-refractivity contribution >= 4 is 17.7 Å². The van der Waals surface area contributed by atoms with Crippen molar-refractivity contribution in [3.05, 3.63) is 72.1 Å². The molecule has 1 amide bonds. The van der Waals surface area contributed by atoms with Gasteiger partial charge in [0.2, 0.25) is 5.91 Å². The maximum absolute atomic E-state index is 12.7. The van der Waals surface area contributed by atoms with E-state index < -0.39 is 0 Å². The van der Waals surface area contributed by atoms with Gasteiger partial charge >= 0.3 is 0 Å². The quantitative estimate of drug-likeness (QED) is 0.586. The summed E-state index contributed by atoms with van der Waals surface area (Å²) in [5.74, 6) is 0.990. The number of nitrogens with one attached hydrogen (secondary N) is 1. The number of ether oxygens (including phenoxy) is 1. The summed E-state index contributed by atoms with van der Waals surface area (Å²) in [6.07, 6.45) is 1.69. The summed E-state index contributed by atoms with van der Waals surface area (Å²) in [5, 5.41) is 11.9. The van der Waals surface area contributed by atoms with Gasteiger partial charge in [0.25, 0.3) is 0 Å². The summed E-state index contributed by atoms with van der Waals surface area (Å²) in [6.45, 7) is 4.12. The van der Waals surface area contributed by atoms with Gasteiger partial charge in [0.15, 0.2) is 5.16 Å². The molecule has 7 heteroatoms. The number of methoxy groups -OCH3 is 1. The number of carbonyl (C=O) groups is 1. The van der Waals surface area contributed by atoms with Crippen LogP contribution in [0, 0.1) is 0 Å². The Balaban J connectivity index is 1.73. The summed E-state index contributed by atoms with van der Waals surface area (Å²) in [5.41, 5.74) is 2.02. The van der Waals surface area contributed by atoms with Crippen molar-refractivity contribution in [2.24, 2.45) is 0 Å². The van der Waals surface area contributed by atoms with Crippen LogP contribution in [0.5, 0.6) is 5.75 Å². The largest absolute Gasteiger partial charge is 0.497 e. The van der Waals surface area contributed by atoms with Gasteiger partial charge in [-0.1, -0.05) is 54.2 Å². The monoisotopic (exact) mass is 396 g/mol. The number of benzene rings is 2. The summed E-state index contributed by atoms with van der Waals surface area (Å²) in [4.78, 5) is 12.7. The lowest BCUT2D eigenvalue weighted by atomic mass is 9.98. The van der Waals surface area contributed by atoms with Crippen LogP contribution in [0.15, 0.2) is 66.1 Å². The molecule has 3 aromatic rings. The van der Waals surface area contributed by atoms with E-state index in [1.807, 2.05) is 59.2 Å². The highest BCUT2D eigenvalue weighted by Gasteiger charge is 2.18. The number of amides is 1. The normalized spacial score (nSPS) is 12.0. The van der Waals surface area contributed by atoms with Crippen molar-refractivity contribution in [3.8, 4) is 5.75 Å². The average Bonchev–Trinajstić information content (AvgIpc) is 3.20. The van der Waals surface area contributed by atoms with Crippen LogP contribution in [0.2, 0.25) is 0 Å². The smallest absolute Gasteiger partial charge is 0.231 e. The van der Waals surface area contributed by atoms with Crippen molar-refractivity contribution in [1.82, 2.24) is 20.1 Å². The Morgan fingerprint density at radius 1 is 1.11 bits per heavy atom. The molecular weight excluding hydrogens is 372 g/mol. The zero-order chi connectivity index (χ0) is 19.9. The van der Waals surface area contributed by atoms with Gasteiger partial charge in [-0.05, 0) is 37.1 Å². The molecule has 0 saturated carbocycles. The molecule has 1 heterocycles. The van der Waals surface area contributed by atoms with E-state index in [2.05, 4.69) is 29.4 Å². The highest BCUT2D eigenvalue weighted by Crippen LogP contribution is 2.25. The molecule has 0 saturated heterocycles. The van der Waals surface area contributed by atoms with Crippen LogP contribution in [0.1, 0.15) is 37.1 Å². The predicted molar refractivity (Wildman–Crippen MR) is 111 cm³/mol. The van der Waals surface area contributed by atoms with Gasteiger partial charge in [0.1, 0.15) is 12.1 Å². The molecule has 3 rings (SSSR count). The Hall–Kier alpha value is -2.80. The number of thioether (sulfide) groups is 1. The van der Waals surface area contributed by atoms with Crippen LogP contribution in [-0.4, -0.2) is 33.5 Å². The molecule has 0 radical (unpaired) electrons. The maximum atomic E-state index is 12.7. The van der Waals surface area contributed by atoms with E-state index in [1.54, 1.807) is 13.4 Å². The van der Waals surface area contributed by atoms with Crippen LogP contribution >= 0.6 is 11.8 Å². The molecule has 2 aromatic carbocycles. The Labute approximate surface area is 169 Å². The number of hydrogen-bond donors (Lipinski definition) is 1. The maximum Gasteiger partial charge on any atom is 0.231 e. The Kier molecular flexibility index (Phi) is 6.71.